The predicted molar refractivity (Wildman–Crippen MR) is 104 cm³/mol. The van der Waals surface area contributed by atoms with Crippen LogP contribution in [0.15, 0.2) is 54.6 Å². The Morgan fingerprint density at radius 1 is 0.926 bits per heavy atom. The molecule has 0 amide bonds. The average Bonchev–Trinajstić information content (AvgIpc) is 2.95. The standard InChI is InChI=1S/C23H20N2O2/c1-15-6-4-5-7-20(15)22(26)17-8-10-18(11-9-17)23(27)21-16(2)14-19(12-13-24)25(21)3/h4-11,14H,12H2,1-3H3. The molecule has 0 saturated carbocycles. The molecule has 4 heteroatoms. The highest BCUT2D eigenvalue weighted by Crippen LogP contribution is 2.20. The summed E-state index contributed by atoms with van der Waals surface area (Å²) in [6, 6.07) is 18.2. The second-order valence-electron chi connectivity index (χ2n) is 6.61. The van der Waals surface area contributed by atoms with Crippen LogP contribution in [0.5, 0.6) is 0 Å². The maximum absolute atomic E-state index is 12.9. The molecule has 2 aromatic carbocycles. The van der Waals surface area contributed by atoms with E-state index in [1.54, 1.807) is 41.9 Å². The smallest absolute Gasteiger partial charge is 0.209 e. The second kappa shape index (κ2) is 7.43. The maximum Gasteiger partial charge on any atom is 0.209 e. The Hall–Kier alpha value is -3.45. The molecule has 1 aromatic heterocycles. The van der Waals surface area contributed by atoms with Gasteiger partial charge in [-0.25, -0.2) is 0 Å². The molecule has 0 aliphatic carbocycles. The number of benzene rings is 2. The molecule has 0 fully saturated rings. The van der Waals surface area contributed by atoms with Gasteiger partial charge in [0.25, 0.3) is 0 Å². The Labute approximate surface area is 158 Å². The molecule has 0 N–H and O–H groups in total. The van der Waals surface area contributed by atoms with Crippen molar-refractivity contribution in [2.75, 3.05) is 0 Å². The van der Waals surface area contributed by atoms with Crippen LogP contribution in [0.3, 0.4) is 0 Å². The normalized spacial score (nSPS) is 10.4. The lowest BCUT2D eigenvalue weighted by Crippen LogP contribution is -2.11. The van der Waals surface area contributed by atoms with Gasteiger partial charge in [-0.15, -0.1) is 0 Å². The maximum atomic E-state index is 12.9. The van der Waals surface area contributed by atoms with Gasteiger partial charge in [0.1, 0.15) is 0 Å². The topological polar surface area (TPSA) is 62.9 Å². The molecule has 134 valence electrons. The van der Waals surface area contributed by atoms with E-state index >= 15 is 0 Å². The average molecular weight is 356 g/mol. The number of aryl methyl sites for hydroxylation is 2. The van der Waals surface area contributed by atoms with Gasteiger partial charge in [-0.3, -0.25) is 9.59 Å². The number of carbonyl (C=O) groups is 2. The number of nitrogens with zero attached hydrogens (tertiary/aromatic N) is 2. The summed E-state index contributed by atoms with van der Waals surface area (Å²) >= 11 is 0. The first-order chi connectivity index (χ1) is 12.9. The zero-order chi connectivity index (χ0) is 19.6. The number of aromatic nitrogens is 1. The van der Waals surface area contributed by atoms with Crippen LogP contribution < -0.4 is 0 Å². The molecular formula is C23H20N2O2. The van der Waals surface area contributed by atoms with Crippen molar-refractivity contribution in [3.05, 3.63) is 93.8 Å². The zero-order valence-corrected chi connectivity index (χ0v) is 15.6. The van der Waals surface area contributed by atoms with Crippen molar-refractivity contribution in [2.24, 2.45) is 7.05 Å². The van der Waals surface area contributed by atoms with E-state index < -0.39 is 0 Å². The van der Waals surface area contributed by atoms with Gasteiger partial charge in [0, 0.05) is 29.4 Å². The van der Waals surface area contributed by atoms with Crippen LogP contribution in [0.4, 0.5) is 0 Å². The Balaban J connectivity index is 1.90. The Morgan fingerprint density at radius 3 is 2.11 bits per heavy atom. The zero-order valence-electron chi connectivity index (χ0n) is 15.6. The first-order valence-electron chi connectivity index (χ1n) is 8.71. The fourth-order valence-electron chi connectivity index (χ4n) is 3.30. The van der Waals surface area contributed by atoms with Gasteiger partial charge in [0.15, 0.2) is 5.78 Å². The monoisotopic (exact) mass is 356 g/mol. The molecule has 0 atom stereocenters. The van der Waals surface area contributed by atoms with E-state index in [9.17, 15) is 9.59 Å². The molecule has 27 heavy (non-hydrogen) atoms. The van der Waals surface area contributed by atoms with Crippen molar-refractivity contribution in [3.8, 4) is 6.07 Å². The van der Waals surface area contributed by atoms with Crippen LogP contribution in [-0.4, -0.2) is 16.1 Å². The van der Waals surface area contributed by atoms with E-state index in [1.165, 1.54) is 0 Å². The summed E-state index contributed by atoms with van der Waals surface area (Å²) in [6.07, 6.45) is 0.258. The lowest BCUT2D eigenvalue weighted by molar-refractivity contribution is 0.102. The molecule has 3 rings (SSSR count). The quantitative estimate of drug-likeness (QED) is 0.645. The second-order valence-corrected chi connectivity index (χ2v) is 6.61. The lowest BCUT2D eigenvalue weighted by atomic mass is 9.97. The van der Waals surface area contributed by atoms with Crippen LogP contribution in [0, 0.1) is 25.2 Å². The minimum absolute atomic E-state index is 0.0570. The molecule has 0 unspecified atom stereocenters. The number of ketones is 2. The van der Waals surface area contributed by atoms with E-state index in [0.717, 1.165) is 16.8 Å². The first-order valence-corrected chi connectivity index (χ1v) is 8.71. The van der Waals surface area contributed by atoms with Crippen molar-refractivity contribution in [3.63, 3.8) is 0 Å². The number of hydrogen-bond acceptors (Lipinski definition) is 3. The molecule has 4 nitrogen and oxygen atoms in total. The summed E-state index contributed by atoms with van der Waals surface area (Å²) < 4.78 is 1.77. The van der Waals surface area contributed by atoms with Crippen LogP contribution >= 0.6 is 0 Å². The summed E-state index contributed by atoms with van der Waals surface area (Å²) in [7, 11) is 1.79. The number of hydrogen-bond donors (Lipinski definition) is 0. The van der Waals surface area contributed by atoms with Crippen LogP contribution in [0.2, 0.25) is 0 Å². The van der Waals surface area contributed by atoms with Crippen molar-refractivity contribution in [1.29, 1.82) is 5.26 Å². The highest BCUT2D eigenvalue weighted by atomic mass is 16.1. The van der Waals surface area contributed by atoms with Gasteiger partial charge < -0.3 is 4.57 Å². The van der Waals surface area contributed by atoms with Gasteiger partial charge in [0.05, 0.1) is 18.2 Å². The van der Waals surface area contributed by atoms with E-state index in [2.05, 4.69) is 6.07 Å². The van der Waals surface area contributed by atoms with Gasteiger partial charge in [-0.05, 0) is 31.0 Å². The largest absolute Gasteiger partial charge is 0.344 e. The molecule has 1 heterocycles. The highest BCUT2D eigenvalue weighted by Gasteiger charge is 2.19. The van der Waals surface area contributed by atoms with Gasteiger partial charge in [-0.2, -0.15) is 5.26 Å². The number of carbonyl (C=O) groups excluding carboxylic acids is 2. The summed E-state index contributed by atoms with van der Waals surface area (Å²) in [5.41, 5.74) is 4.87. The van der Waals surface area contributed by atoms with Crippen LogP contribution in [0.25, 0.3) is 0 Å². The fraction of sp³-hybridized carbons (Fsp3) is 0.174. The number of rotatable bonds is 5. The van der Waals surface area contributed by atoms with Crippen molar-refractivity contribution >= 4 is 11.6 Å². The third-order valence-corrected chi connectivity index (χ3v) is 4.80. The fourth-order valence-corrected chi connectivity index (χ4v) is 3.30. The summed E-state index contributed by atoms with van der Waals surface area (Å²) in [5, 5.41) is 8.92. The van der Waals surface area contributed by atoms with Gasteiger partial charge in [-0.1, -0.05) is 48.5 Å². The molecule has 0 saturated heterocycles. The van der Waals surface area contributed by atoms with Crippen LogP contribution in [0.1, 0.15) is 48.8 Å². The van der Waals surface area contributed by atoms with Gasteiger partial charge in [0.2, 0.25) is 5.78 Å². The molecule has 0 radical (unpaired) electrons. The third kappa shape index (κ3) is 3.45. The Kier molecular flexibility index (Phi) is 5.05. The van der Waals surface area contributed by atoms with E-state index in [0.29, 0.717) is 22.4 Å². The molecule has 0 spiro atoms. The minimum atomic E-state index is -0.117. The van der Waals surface area contributed by atoms with Crippen molar-refractivity contribution in [2.45, 2.75) is 20.3 Å². The predicted octanol–water partition coefficient (Wildman–Crippen LogP) is 4.17. The van der Waals surface area contributed by atoms with Crippen LogP contribution in [-0.2, 0) is 13.5 Å². The summed E-state index contributed by atoms with van der Waals surface area (Å²) in [6.45, 7) is 3.77. The summed E-state index contributed by atoms with van der Waals surface area (Å²) in [4.78, 5) is 25.6. The number of nitriles is 1. The van der Waals surface area contributed by atoms with E-state index in [1.807, 2.05) is 38.1 Å². The van der Waals surface area contributed by atoms with E-state index in [-0.39, 0.29) is 18.0 Å². The molecule has 0 aliphatic heterocycles. The Bertz CT molecular complexity index is 1070. The first kappa shape index (κ1) is 18.3. The highest BCUT2D eigenvalue weighted by molar-refractivity contribution is 6.12. The minimum Gasteiger partial charge on any atom is -0.344 e. The lowest BCUT2D eigenvalue weighted by Gasteiger charge is -2.08. The third-order valence-electron chi connectivity index (χ3n) is 4.80. The van der Waals surface area contributed by atoms with E-state index in [4.69, 9.17) is 5.26 Å². The van der Waals surface area contributed by atoms with Gasteiger partial charge >= 0.3 is 0 Å². The summed E-state index contributed by atoms with van der Waals surface area (Å²) in [5.74, 6) is -0.174. The Morgan fingerprint density at radius 2 is 1.52 bits per heavy atom. The molecule has 3 aromatic rings. The van der Waals surface area contributed by atoms with Crippen molar-refractivity contribution < 1.29 is 9.59 Å². The molecular weight excluding hydrogens is 336 g/mol. The van der Waals surface area contributed by atoms with Crippen molar-refractivity contribution in [1.82, 2.24) is 4.57 Å². The SMILES string of the molecule is Cc1ccccc1C(=O)c1ccc(C(=O)c2c(C)cc(CC#N)n2C)cc1. The molecule has 0 bridgehead atoms. The molecule has 0 aliphatic rings.